The van der Waals surface area contributed by atoms with Crippen LogP contribution in [0.3, 0.4) is 0 Å². The van der Waals surface area contributed by atoms with E-state index in [1.54, 1.807) is 47.8 Å². The smallest absolute Gasteiger partial charge is 0.256 e. The van der Waals surface area contributed by atoms with Gasteiger partial charge >= 0.3 is 0 Å². The average molecular weight is 361 g/mol. The van der Waals surface area contributed by atoms with Crippen molar-refractivity contribution in [2.24, 2.45) is 0 Å². The summed E-state index contributed by atoms with van der Waals surface area (Å²) in [6.07, 6.45) is 0. The van der Waals surface area contributed by atoms with Gasteiger partial charge in [-0.3, -0.25) is 14.4 Å². The molecule has 1 amide bonds. The van der Waals surface area contributed by atoms with Gasteiger partial charge < -0.3 is 5.32 Å². The quantitative estimate of drug-likeness (QED) is 0.576. The molecule has 3 aromatic rings. The zero-order valence-corrected chi connectivity index (χ0v) is 15.1. The SMILES string of the molecule is Cc1scc(C(=O)Nc2cccc3c2C(=O)c2ccccc2C3=O)c1C. The number of anilines is 1. The molecule has 0 bridgehead atoms. The number of carbonyl (C=O) groups is 3. The fourth-order valence-electron chi connectivity index (χ4n) is 3.18. The number of thiophene rings is 1. The molecule has 0 spiro atoms. The van der Waals surface area contributed by atoms with Crippen molar-refractivity contribution >= 4 is 34.5 Å². The van der Waals surface area contributed by atoms with Crippen molar-refractivity contribution in [1.29, 1.82) is 0 Å². The van der Waals surface area contributed by atoms with Crippen LogP contribution in [-0.2, 0) is 0 Å². The van der Waals surface area contributed by atoms with Crippen molar-refractivity contribution in [2.45, 2.75) is 13.8 Å². The minimum Gasteiger partial charge on any atom is -0.321 e. The number of hydrogen-bond donors (Lipinski definition) is 1. The third kappa shape index (κ3) is 2.40. The van der Waals surface area contributed by atoms with Gasteiger partial charge in [0.1, 0.15) is 0 Å². The van der Waals surface area contributed by atoms with E-state index in [-0.39, 0.29) is 23.0 Å². The van der Waals surface area contributed by atoms with Crippen LogP contribution in [0, 0.1) is 13.8 Å². The van der Waals surface area contributed by atoms with Crippen molar-refractivity contribution in [3.8, 4) is 0 Å². The van der Waals surface area contributed by atoms with Gasteiger partial charge in [-0.25, -0.2) is 0 Å². The number of ketones is 2. The molecule has 0 aliphatic heterocycles. The maximum atomic E-state index is 13.0. The predicted octanol–water partition coefficient (Wildman–Crippen LogP) is 4.39. The zero-order chi connectivity index (χ0) is 18.4. The molecular weight excluding hydrogens is 346 g/mol. The Morgan fingerprint density at radius 3 is 2.19 bits per heavy atom. The average Bonchev–Trinajstić information content (AvgIpc) is 2.98. The molecule has 0 unspecified atom stereocenters. The van der Waals surface area contributed by atoms with Gasteiger partial charge in [0.05, 0.1) is 16.8 Å². The largest absolute Gasteiger partial charge is 0.321 e. The van der Waals surface area contributed by atoms with E-state index < -0.39 is 0 Å². The Bertz CT molecular complexity index is 1090. The second-order valence-corrected chi connectivity index (χ2v) is 7.30. The number of benzene rings is 2. The molecule has 0 saturated heterocycles. The molecule has 4 nitrogen and oxygen atoms in total. The highest BCUT2D eigenvalue weighted by atomic mass is 32.1. The molecule has 1 heterocycles. The maximum Gasteiger partial charge on any atom is 0.256 e. The number of fused-ring (bicyclic) bond motifs is 2. The van der Waals surface area contributed by atoms with Crippen LogP contribution in [-0.4, -0.2) is 17.5 Å². The highest BCUT2D eigenvalue weighted by molar-refractivity contribution is 7.10. The Morgan fingerprint density at radius 1 is 0.885 bits per heavy atom. The standard InChI is InChI=1S/C21H15NO3S/c1-11-12(2)26-10-16(11)21(25)22-17-9-5-8-15-18(17)20(24)14-7-4-3-6-13(14)19(15)23/h3-10H,1-2H3,(H,22,25). The zero-order valence-electron chi connectivity index (χ0n) is 14.3. The summed E-state index contributed by atoms with van der Waals surface area (Å²) in [6.45, 7) is 3.85. The summed E-state index contributed by atoms with van der Waals surface area (Å²) >= 11 is 1.51. The first kappa shape index (κ1) is 16.4. The third-order valence-electron chi connectivity index (χ3n) is 4.73. The van der Waals surface area contributed by atoms with Crippen LogP contribution in [0.25, 0.3) is 0 Å². The molecule has 5 heteroatoms. The summed E-state index contributed by atoms with van der Waals surface area (Å²) in [5.41, 5.74) is 3.22. The van der Waals surface area contributed by atoms with Crippen LogP contribution in [0.5, 0.6) is 0 Å². The molecule has 1 aliphatic carbocycles. The van der Waals surface area contributed by atoms with Crippen LogP contribution in [0.1, 0.15) is 52.6 Å². The van der Waals surface area contributed by atoms with Gasteiger partial charge in [0.2, 0.25) is 0 Å². The predicted molar refractivity (Wildman–Crippen MR) is 101 cm³/mol. The lowest BCUT2D eigenvalue weighted by Gasteiger charge is -2.20. The normalized spacial score (nSPS) is 12.5. The van der Waals surface area contributed by atoms with E-state index >= 15 is 0 Å². The summed E-state index contributed by atoms with van der Waals surface area (Å²) in [4.78, 5) is 39.5. The molecule has 2 aromatic carbocycles. The highest BCUT2D eigenvalue weighted by Gasteiger charge is 2.31. The number of rotatable bonds is 2. The Morgan fingerprint density at radius 2 is 1.54 bits per heavy atom. The van der Waals surface area contributed by atoms with Crippen molar-refractivity contribution in [3.63, 3.8) is 0 Å². The lowest BCUT2D eigenvalue weighted by Crippen LogP contribution is -2.24. The first-order valence-electron chi connectivity index (χ1n) is 8.16. The van der Waals surface area contributed by atoms with E-state index in [9.17, 15) is 14.4 Å². The van der Waals surface area contributed by atoms with Gasteiger partial charge in [-0.05, 0) is 25.5 Å². The van der Waals surface area contributed by atoms with Crippen molar-refractivity contribution in [1.82, 2.24) is 0 Å². The van der Waals surface area contributed by atoms with E-state index in [1.165, 1.54) is 11.3 Å². The fourth-order valence-corrected chi connectivity index (χ4v) is 4.04. The number of amides is 1. The summed E-state index contributed by atoms with van der Waals surface area (Å²) in [6, 6.07) is 11.7. The van der Waals surface area contributed by atoms with Crippen LogP contribution >= 0.6 is 11.3 Å². The Hall–Kier alpha value is -3.05. The minimum atomic E-state index is -0.278. The maximum absolute atomic E-state index is 13.0. The molecule has 0 fully saturated rings. The van der Waals surface area contributed by atoms with Crippen LogP contribution in [0.2, 0.25) is 0 Å². The number of carbonyl (C=O) groups excluding carboxylic acids is 3. The monoisotopic (exact) mass is 361 g/mol. The Labute approximate surface area is 154 Å². The van der Waals surface area contributed by atoms with Gasteiger partial charge in [0.25, 0.3) is 5.91 Å². The third-order valence-corrected chi connectivity index (χ3v) is 5.74. The molecule has 1 aliphatic rings. The van der Waals surface area contributed by atoms with E-state index in [0.717, 1.165) is 10.4 Å². The molecule has 4 rings (SSSR count). The van der Waals surface area contributed by atoms with E-state index in [2.05, 4.69) is 5.32 Å². The molecule has 26 heavy (non-hydrogen) atoms. The van der Waals surface area contributed by atoms with E-state index in [1.807, 2.05) is 13.8 Å². The van der Waals surface area contributed by atoms with Crippen molar-refractivity contribution < 1.29 is 14.4 Å². The van der Waals surface area contributed by atoms with E-state index in [4.69, 9.17) is 0 Å². The van der Waals surface area contributed by atoms with Gasteiger partial charge in [-0.2, -0.15) is 0 Å². The Balaban J connectivity index is 1.79. The fraction of sp³-hybridized carbons (Fsp3) is 0.0952. The first-order valence-corrected chi connectivity index (χ1v) is 9.04. The van der Waals surface area contributed by atoms with Gasteiger partial charge in [0.15, 0.2) is 11.6 Å². The number of nitrogens with one attached hydrogen (secondary N) is 1. The molecular formula is C21H15NO3S. The molecule has 1 aromatic heterocycles. The van der Waals surface area contributed by atoms with Crippen LogP contribution < -0.4 is 5.32 Å². The first-order chi connectivity index (χ1) is 12.5. The molecule has 0 saturated carbocycles. The summed E-state index contributed by atoms with van der Waals surface area (Å²) in [7, 11) is 0. The van der Waals surface area contributed by atoms with Crippen molar-refractivity contribution in [3.05, 3.63) is 86.1 Å². The van der Waals surface area contributed by atoms with Gasteiger partial charge in [0, 0.05) is 26.9 Å². The summed E-state index contributed by atoms with van der Waals surface area (Å²) in [5, 5.41) is 4.62. The molecule has 1 N–H and O–H groups in total. The van der Waals surface area contributed by atoms with Gasteiger partial charge in [-0.15, -0.1) is 11.3 Å². The minimum absolute atomic E-state index is 0.200. The van der Waals surface area contributed by atoms with Crippen molar-refractivity contribution in [2.75, 3.05) is 5.32 Å². The molecule has 0 atom stereocenters. The summed E-state index contributed by atoms with van der Waals surface area (Å²) < 4.78 is 0. The number of hydrogen-bond acceptors (Lipinski definition) is 4. The Kier molecular flexibility index (Phi) is 3.81. The lowest BCUT2D eigenvalue weighted by atomic mass is 9.83. The molecule has 128 valence electrons. The summed E-state index contributed by atoms with van der Waals surface area (Å²) in [5.74, 6) is -0.725. The van der Waals surface area contributed by atoms with Crippen LogP contribution in [0.4, 0.5) is 5.69 Å². The van der Waals surface area contributed by atoms with Crippen LogP contribution in [0.15, 0.2) is 47.8 Å². The second kappa shape index (κ2) is 6.04. The number of aryl methyl sites for hydroxylation is 1. The molecule has 0 radical (unpaired) electrons. The second-order valence-electron chi connectivity index (χ2n) is 6.22. The van der Waals surface area contributed by atoms with Gasteiger partial charge in [-0.1, -0.05) is 36.4 Å². The lowest BCUT2D eigenvalue weighted by molar-refractivity contribution is 0.0978. The topological polar surface area (TPSA) is 63.2 Å². The highest BCUT2D eigenvalue weighted by Crippen LogP contribution is 2.32. The van der Waals surface area contributed by atoms with E-state index in [0.29, 0.717) is 27.9 Å².